The van der Waals surface area contributed by atoms with E-state index in [0.717, 1.165) is 24.7 Å². The standard InChI is InChI=1S/C11H17ClN2/c1-9(5-6-12)8-14-11-10(2)4-3-7-13-11/h3-4,7,9H,5-6,8H2,1-2H3,(H,13,14). The van der Waals surface area contributed by atoms with Gasteiger partial charge in [-0.05, 0) is 30.9 Å². The predicted octanol–water partition coefficient (Wildman–Crippen LogP) is 3.07. The molecule has 78 valence electrons. The van der Waals surface area contributed by atoms with Crippen molar-refractivity contribution >= 4 is 17.4 Å². The van der Waals surface area contributed by atoms with Gasteiger partial charge in [0, 0.05) is 18.6 Å². The maximum Gasteiger partial charge on any atom is 0.128 e. The summed E-state index contributed by atoms with van der Waals surface area (Å²) in [4.78, 5) is 4.27. The molecule has 1 unspecified atom stereocenters. The molecule has 0 aliphatic heterocycles. The molecule has 0 aliphatic rings. The molecule has 0 fully saturated rings. The number of pyridine rings is 1. The van der Waals surface area contributed by atoms with Crippen molar-refractivity contribution in [2.45, 2.75) is 20.3 Å². The number of alkyl halides is 1. The van der Waals surface area contributed by atoms with Gasteiger partial charge in [-0.15, -0.1) is 11.6 Å². The van der Waals surface area contributed by atoms with E-state index in [1.807, 2.05) is 12.3 Å². The molecule has 14 heavy (non-hydrogen) atoms. The Balaban J connectivity index is 2.41. The molecule has 1 heterocycles. The van der Waals surface area contributed by atoms with Crippen molar-refractivity contribution in [2.75, 3.05) is 17.7 Å². The summed E-state index contributed by atoms with van der Waals surface area (Å²) >= 11 is 5.67. The first-order valence-corrected chi connectivity index (χ1v) is 5.49. The Hall–Kier alpha value is -0.760. The maximum atomic E-state index is 5.67. The van der Waals surface area contributed by atoms with Crippen LogP contribution < -0.4 is 5.32 Å². The van der Waals surface area contributed by atoms with Crippen molar-refractivity contribution in [3.63, 3.8) is 0 Å². The molecule has 1 N–H and O–H groups in total. The molecule has 0 spiro atoms. The minimum atomic E-state index is 0.592. The summed E-state index contributed by atoms with van der Waals surface area (Å²) in [7, 11) is 0. The molecule has 1 aromatic rings. The van der Waals surface area contributed by atoms with Gasteiger partial charge in [0.1, 0.15) is 5.82 Å². The van der Waals surface area contributed by atoms with Gasteiger partial charge in [-0.2, -0.15) is 0 Å². The SMILES string of the molecule is Cc1cccnc1NCC(C)CCCl. The quantitative estimate of drug-likeness (QED) is 0.759. The minimum absolute atomic E-state index is 0.592. The van der Waals surface area contributed by atoms with E-state index in [0.29, 0.717) is 5.92 Å². The Morgan fingerprint density at radius 1 is 1.57 bits per heavy atom. The van der Waals surface area contributed by atoms with Gasteiger partial charge in [0.25, 0.3) is 0 Å². The number of aromatic nitrogens is 1. The molecule has 0 bridgehead atoms. The summed E-state index contributed by atoms with van der Waals surface area (Å²) in [5, 5.41) is 3.33. The molecule has 0 amide bonds. The minimum Gasteiger partial charge on any atom is -0.370 e. The van der Waals surface area contributed by atoms with Crippen LogP contribution in [0.1, 0.15) is 18.9 Å². The topological polar surface area (TPSA) is 24.9 Å². The molecule has 0 aliphatic carbocycles. The van der Waals surface area contributed by atoms with Gasteiger partial charge in [0.15, 0.2) is 0 Å². The van der Waals surface area contributed by atoms with Gasteiger partial charge in [0.05, 0.1) is 0 Å². The zero-order chi connectivity index (χ0) is 10.4. The Morgan fingerprint density at radius 2 is 2.36 bits per heavy atom. The van der Waals surface area contributed by atoms with Gasteiger partial charge in [-0.3, -0.25) is 0 Å². The van der Waals surface area contributed by atoms with Crippen molar-refractivity contribution in [2.24, 2.45) is 5.92 Å². The average Bonchev–Trinajstić information content (AvgIpc) is 2.17. The molecular weight excluding hydrogens is 196 g/mol. The van der Waals surface area contributed by atoms with Gasteiger partial charge in [-0.25, -0.2) is 4.98 Å². The first-order chi connectivity index (χ1) is 6.74. The highest BCUT2D eigenvalue weighted by atomic mass is 35.5. The average molecular weight is 213 g/mol. The second-order valence-corrected chi connectivity index (χ2v) is 4.01. The van der Waals surface area contributed by atoms with E-state index >= 15 is 0 Å². The monoisotopic (exact) mass is 212 g/mol. The Labute approximate surface area is 90.7 Å². The largest absolute Gasteiger partial charge is 0.370 e. The molecule has 0 radical (unpaired) electrons. The number of rotatable bonds is 5. The molecule has 2 nitrogen and oxygen atoms in total. The molecule has 0 saturated heterocycles. The van der Waals surface area contributed by atoms with Crippen LogP contribution in [-0.2, 0) is 0 Å². The molecular formula is C11H17ClN2. The lowest BCUT2D eigenvalue weighted by atomic mass is 10.1. The van der Waals surface area contributed by atoms with E-state index in [9.17, 15) is 0 Å². The number of hydrogen-bond acceptors (Lipinski definition) is 2. The fourth-order valence-corrected chi connectivity index (χ4v) is 1.60. The molecule has 3 heteroatoms. The zero-order valence-electron chi connectivity index (χ0n) is 8.76. The van der Waals surface area contributed by atoms with E-state index in [2.05, 4.69) is 30.2 Å². The van der Waals surface area contributed by atoms with Crippen molar-refractivity contribution in [1.29, 1.82) is 0 Å². The van der Waals surface area contributed by atoms with Crippen LogP contribution in [0.15, 0.2) is 18.3 Å². The van der Waals surface area contributed by atoms with Crippen molar-refractivity contribution < 1.29 is 0 Å². The maximum absolute atomic E-state index is 5.67. The second kappa shape index (κ2) is 5.86. The lowest BCUT2D eigenvalue weighted by Crippen LogP contribution is -2.13. The highest BCUT2D eigenvalue weighted by molar-refractivity contribution is 6.17. The van der Waals surface area contributed by atoms with Crippen molar-refractivity contribution in [3.05, 3.63) is 23.9 Å². The number of aryl methyl sites for hydroxylation is 1. The van der Waals surface area contributed by atoms with Crippen LogP contribution in [0, 0.1) is 12.8 Å². The van der Waals surface area contributed by atoms with E-state index in [1.54, 1.807) is 0 Å². The van der Waals surface area contributed by atoms with E-state index in [1.165, 1.54) is 5.56 Å². The van der Waals surface area contributed by atoms with E-state index in [-0.39, 0.29) is 0 Å². The molecule has 1 aromatic heterocycles. The Kier molecular flexibility index (Phi) is 4.74. The lowest BCUT2D eigenvalue weighted by molar-refractivity contribution is 0.596. The number of nitrogens with one attached hydrogen (secondary N) is 1. The molecule has 1 atom stereocenters. The third-order valence-electron chi connectivity index (χ3n) is 2.23. The Morgan fingerprint density at radius 3 is 3.00 bits per heavy atom. The van der Waals surface area contributed by atoms with Crippen molar-refractivity contribution in [3.8, 4) is 0 Å². The van der Waals surface area contributed by atoms with Crippen LogP contribution >= 0.6 is 11.6 Å². The van der Waals surface area contributed by atoms with E-state index < -0.39 is 0 Å². The first-order valence-electron chi connectivity index (χ1n) is 4.95. The highest BCUT2D eigenvalue weighted by Gasteiger charge is 2.02. The highest BCUT2D eigenvalue weighted by Crippen LogP contribution is 2.11. The third-order valence-corrected chi connectivity index (χ3v) is 2.45. The van der Waals surface area contributed by atoms with Crippen LogP contribution in [0.4, 0.5) is 5.82 Å². The fraction of sp³-hybridized carbons (Fsp3) is 0.545. The number of hydrogen-bond donors (Lipinski definition) is 1. The molecule has 0 saturated carbocycles. The van der Waals surface area contributed by atoms with E-state index in [4.69, 9.17) is 11.6 Å². The predicted molar refractivity (Wildman–Crippen MR) is 62.0 cm³/mol. The summed E-state index contributed by atoms with van der Waals surface area (Å²) in [6.07, 6.45) is 2.85. The number of anilines is 1. The molecule has 0 aromatic carbocycles. The van der Waals surface area contributed by atoms with Gasteiger partial charge >= 0.3 is 0 Å². The Bertz CT molecular complexity index is 276. The smallest absolute Gasteiger partial charge is 0.128 e. The van der Waals surface area contributed by atoms with Gasteiger partial charge in [-0.1, -0.05) is 13.0 Å². The third kappa shape index (κ3) is 3.54. The first kappa shape index (κ1) is 11.3. The zero-order valence-corrected chi connectivity index (χ0v) is 9.51. The van der Waals surface area contributed by atoms with Crippen LogP contribution in [0.25, 0.3) is 0 Å². The summed E-state index contributed by atoms with van der Waals surface area (Å²) in [5.74, 6) is 2.30. The lowest BCUT2D eigenvalue weighted by Gasteiger charge is -2.12. The number of halogens is 1. The number of nitrogens with zero attached hydrogens (tertiary/aromatic N) is 1. The normalized spacial score (nSPS) is 12.5. The summed E-state index contributed by atoms with van der Waals surface area (Å²) in [6.45, 7) is 5.18. The van der Waals surface area contributed by atoms with Gasteiger partial charge < -0.3 is 5.32 Å². The van der Waals surface area contributed by atoms with Gasteiger partial charge in [0.2, 0.25) is 0 Å². The molecule has 1 rings (SSSR count). The van der Waals surface area contributed by atoms with Crippen LogP contribution in [0.2, 0.25) is 0 Å². The second-order valence-electron chi connectivity index (χ2n) is 3.63. The van der Waals surface area contributed by atoms with Crippen LogP contribution in [0.5, 0.6) is 0 Å². The summed E-state index contributed by atoms with van der Waals surface area (Å²) in [6, 6.07) is 4.00. The van der Waals surface area contributed by atoms with Crippen molar-refractivity contribution in [1.82, 2.24) is 4.98 Å². The summed E-state index contributed by atoms with van der Waals surface area (Å²) in [5.41, 5.74) is 1.19. The van der Waals surface area contributed by atoms with Crippen LogP contribution in [-0.4, -0.2) is 17.4 Å². The summed E-state index contributed by atoms with van der Waals surface area (Å²) < 4.78 is 0. The fourth-order valence-electron chi connectivity index (χ4n) is 1.23. The van der Waals surface area contributed by atoms with Crippen LogP contribution in [0.3, 0.4) is 0 Å².